The second-order valence-corrected chi connectivity index (χ2v) is 9.47. The fourth-order valence-electron chi connectivity index (χ4n) is 4.84. The van der Waals surface area contributed by atoms with Crippen LogP contribution in [0.2, 0.25) is 0 Å². The number of Topliss-reactive ketones (excluding diaryl/α,β-unsaturated/α-hetero) is 1. The van der Waals surface area contributed by atoms with Crippen molar-refractivity contribution in [3.8, 4) is 0 Å². The van der Waals surface area contributed by atoms with Crippen molar-refractivity contribution < 1.29 is 19.1 Å². The van der Waals surface area contributed by atoms with Crippen molar-refractivity contribution >= 4 is 45.9 Å². The molecule has 1 aliphatic heterocycles. The molecule has 1 aromatic carbocycles. The van der Waals surface area contributed by atoms with E-state index in [0.717, 1.165) is 28.7 Å². The number of H-pyrrole nitrogens is 2. The Morgan fingerprint density at radius 1 is 1.21 bits per heavy atom. The summed E-state index contributed by atoms with van der Waals surface area (Å²) in [5.74, 6) is -1.17. The first-order chi connectivity index (χ1) is 16.0. The van der Waals surface area contributed by atoms with Crippen molar-refractivity contribution in [1.82, 2.24) is 15.0 Å². The quantitative estimate of drug-likeness (QED) is 0.383. The maximum Gasteiger partial charge on any atom is 0.354 e. The number of hydrogen-bond donors (Lipinski definition) is 3. The van der Waals surface area contributed by atoms with Crippen LogP contribution >= 0.6 is 11.8 Å². The number of hydrogen-bond acceptors (Lipinski definition) is 6. The monoisotopic (exact) mass is 460 g/mol. The van der Waals surface area contributed by atoms with Crippen LogP contribution in [-0.4, -0.2) is 37.5 Å². The first kappa shape index (κ1) is 20.0. The van der Waals surface area contributed by atoms with Gasteiger partial charge in [0.05, 0.1) is 28.6 Å². The zero-order chi connectivity index (χ0) is 22.7. The molecule has 4 heterocycles. The van der Waals surface area contributed by atoms with Crippen LogP contribution in [-0.2, 0) is 4.79 Å². The molecule has 0 saturated heterocycles. The summed E-state index contributed by atoms with van der Waals surface area (Å²) in [6, 6.07) is 9.77. The fraction of sp³-hybridized carbons (Fsp3) is 0.250. The number of aromatic nitrogens is 3. The van der Waals surface area contributed by atoms with Gasteiger partial charge in [-0.2, -0.15) is 0 Å². The highest BCUT2D eigenvalue weighted by Gasteiger charge is 2.43. The summed E-state index contributed by atoms with van der Waals surface area (Å²) in [6.07, 6.45) is 3.54. The molecular weight excluding hydrogens is 440 g/mol. The Kier molecular flexibility index (Phi) is 4.55. The van der Waals surface area contributed by atoms with Gasteiger partial charge in [0.1, 0.15) is 11.5 Å². The second-order valence-electron chi connectivity index (χ2n) is 8.47. The minimum absolute atomic E-state index is 0.0395. The minimum atomic E-state index is -1.07. The van der Waals surface area contributed by atoms with Gasteiger partial charge in [-0.25, -0.2) is 9.78 Å². The van der Waals surface area contributed by atoms with Gasteiger partial charge in [-0.05, 0) is 61.4 Å². The smallest absolute Gasteiger partial charge is 0.354 e. The van der Waals surface area contributed by atoms with Crippen LogP contribution < -0.4 is 0 Å². The Bertz CT molecular complexity index is 1460. The molecule has 2 unspecified atom stereocenters. The Morgan fingerprint density at radius 2 is 2.09 bits per heavy atom. The Hall–Kier alpha value is -3.59. The predicted molar refractivity (Wildman–Crippen MR) is 123 cm³/mol. The minimum Gasteiger partial charge on any atom is -0.477 e. The van der Waals surface area contributed by atoms with E-state index in [4.69, 9.17) is 4.42 Å². The lowest BCUT2D eigenvalue weighted by Crippen LogP contribution is -2.36. The topological polar surface area (TPSA) is 124 Å². The number of carboxylic acids is 1. The molecule has 1 aliphatic carbocycles. The van der Waals surface area contributed by atoms with Gasteiger partial charge in [-0.3, -0.25) is 9.79 Å². The number of carbonyl (C=O) groups is 2. The molecule has 6 rings (SSSR count). The van der Waals surface area contributed by atoms with Gasteiger partial charge in [0.25, 0.3) is 0 Å². The van der Waals surface area contributed by atoms with Crippen molar-refractivity contribution in [1.29, 1.82) is 0 Å². The Morgan fingerprint density at radius 3 is 2.94 bits per heavy atom. The van der Waals surface area contributed by atoms with Gasteiger partial charge in [0.15, 0.2) is 15.9 Å². The van der Waals surface area contributed by atoms with E-state index in [2.05, 4.69) is 19.9 Å². The number of benzene rings is 1. The largest absolute Gasteiger partial charge is 0.477 e. The number of carbonyl (C=O) groups excluding carboxylic acids is 1. The molecule has 0 bridgehead atoms. The normalized spacial score (nSPS) is 19.9. The molecule has 1 fully saturated rings. The average Bonchev–Trinajstić information content (AvgIpc) is 3.50. The van der Waals surface area contributed by atoms with Gasteiger partial charge in [-0.15, -0.1) is 0 Å². The number of aromatic amines is 2. The molecular formula is C24H20N4O4S. The molecule has 2 atom stereocenters. The zero-order valence-electron chi connectivity index (χ0n) is 17.7. The van der Waals surface area contributed by atoms with Crippen LogP contribution in [0.15, 0.2) is 56.2 Å². The maximum atomic E-state index is 12.9. The number of aromatic carboxylic acids is 1. The third kappa shape index (κ3) is 3.31. The third-order valence-electron chi connectivity index (χ3n) is 6.30. The molecule has 4 aromatic rings. The Labute approximate surface area is 192 Å². The number of carboxylic acid groups (broad SMARTS) is 1. The highest BCUT2D eigenvalue weighted by molar-refractivity contribution is 7.99. The first-order valence-electron chi connectivity index (χ1n) is 10.8. The third-order valence-corrected chi connectivity index (χ3v) is 7.11. The van der Waals surface area contributed by atoms with E-state index in [0.29, 0.717) is 40.1 Å². The summed E-state index contributed by atoms with van der Waals surface area (Å²) < 4.78 is 6.21. The van der Waals surface area contributed by atoms with Gasteiger partial charge in [0, 0.05) is 23.9 Å². The number of fused-ring (bicyclic) bond motifs is 3. The lowest BCUT2D eigenvalue weighted by atomic mass is 9.72. The highest BCUT2D eigenvalue weighted by Crippen LogP contribution is 2.48. The van der Waals surface area contributed by atoms with E-state index in [1.54, 1.807) is 6.20 Å². The van der Waals surface area contributed by atoms with Crippen molar-refractivity contribution in [2.45, 2.75) is 42.4 Å². The number of imidazole rings is 1. The summed E-state index contributed by atoms with van der Waals surface area (Å²) in [5, 5.41) is 10.9. The number of nitrogens with zero attached hydrogens (tertiary/aromatic N) is 2. The van der Waals surface area contributed by atoms with Crippen LogP contribution in [0.25, 0.3) is 11.0 Å². The summed E-state index contributed by atoms with van der Waals surface area (Å²) in [5.41, 5.74) is 4.85. The molecule has 3 N–H and O–H groups in total. The van der Waals surface area contributed by atoms with Crippen molar-refractivity contribution in [3.05, 3.63) is 59.1 Å². The first-order valence-corrected chi connectivity index (χ1v) is 11.6. The average molecular weight is 461 g/mol. The van der Waals surface area contributed by atoms with E-state index in [-0.39, 0.29) is 11.5 Å². The Balaban J connectivity index is 1.38. The maximum absolute atomic E-state index is 12.9. The summed E-state index contributed by atoms with van der Waals surface area (Å²) in [4.78, 5) is 40.0. The SMILES string of the molecule is Cc1ccc2nc(Sc3ccc(C4c5c[nH]c(C(=O)O)c5N=C5CCCC(=O)C54)o3)[nH]c2c1. The molecule has 3 aromatic heterocycles. The number of nitrogens with one attached hydrogen (secondary N) is 2. The van der Waals surface area contributed by atoms with E-state index >= 15 is 0 Å². The number of furan rings is 1. The van der Waals surface area contributed by atoms with Crippen molar-refractivity contribution in [3.63, 3.8) is 0 Å². The van der Waals surface area contributed by atoms with E-state index in [9.17, 15) is 14.7 Å². The summed E-state index contributed by atoms with van der Waals surface area (Å²) >= 11 is 1.38. The van der Waals surface area contributed by atoms with Gasteiger partial charge in [0.2, 0.25) is 0 Å². The second kappa shape index (κ2) is 7.48. The molecule has 33 heavy (non-hydrogen) atoms. The number of ketones is 1. The molecule has 8 nitrogen and oxygen atoms in total. The van der Waals surface area contributed by atoms with Crippen LogP contribution in [0.5, 0.6) is 0 Å². The summed E-state index contributed by atoms with van der Waals surface area (Å²) in [7, 11) is 0. The van der Waals surface area contributed by atoms with E-state index in [1.807, 2.05) is 37.3 Å². The molecule has 0 spiro atoms. The van der Waals surface area contributed by atoms with Gasteiger partial charge < -0.3 is 19.5 Å². The molecule has 0 radical (unpaired) electrons. The van der Waals surface area contributed by atoms with Crippen LogP contribution in [0, 0.1) is 12.8 Å². The van der Waals surface area contributed by atoms with Crippen molar-refractivity contribution in [2.24, 2.45) is 10.9 Å². The zero-order valence-corrected chi connectivity index (χ0v) is 18.5. The standard InChI is InChI=1S/C24H20N4O4S/c1-11-5-6-13-15(9-11)28-24(27-13)33-18-8-7-17(32-18)19-12-10-25-22(23(30)31)21(12)26-14-3-2-4-16(29)20(14)19/h5-10,19-20,25H,2-4H2,1H3,(H,27,28)(H,30,31). The molecule has 166 valence electrons. The lowest BCUT2D eigenvalue weighted by molar-refractivity contribution is -0.122. The lowest BCUT2D eigenvalue weighted by Gasteiger charge is -2.32. The van der Waals surface area contributed by atoms with Crippen LogP contribution in [0.3, 0.4) is 0 Å². The van der Waals surface area contributed by atoms with E-state index in [1.165, 1.54) is 11.8 Å². The molecule has 1 saturated carbocycles. The van der Waals surface area contributed by atoms with Crippen LogP contribution in [0.1, 0.15) is 52.6 Å². The molecule has 0 amide bonds. The number of aryl methyl sites for hydroxylation is 1. The number of aliphatic imine (C=N–C) groups is 1. The van der Waals surface area contributed by atoms with Crippen molar-refractivity contribution in [2.75, 3.05) is 0 Å². The number of rotatable bonds is 4. The van der Waals surface area contributed by atoms with Gasteiger partial charge >= 0.3 is 5.97 Å². The van der Waals surface area contributed by atoms with Gasteiger partial charge in [-0.1, -0.05) is 6.07 Å². The van der Waals surface area contributed by atoms with E-state index < -0.39 is 17.8 Å². The molecule has 9 heteroatoms. The summed E-state index contributed by atoms with van der Waals surface area (Å²) in [6.45, 7) is 2.03. The molecule has 2 aliphatic rings. The van der Waals surface area contributed by atoms with Crippen LogP contribution in [0.4, 0.5) is 5.69 Å². The fourth-order valence-corrected chi connectivity index (χ4v) is 5.61. The highest BCUT2D eigenvalue weighted by atomic mass is 32.2. The predicted octanol–water partition coefficient (Wildman–Crippen LogP) is 5.23.